The highest BCUT2D eigenvalue weighted by Gasteiger charge is 2.30. The first-order valence-electron chi connectivity index (χ1n) is 6.37. The molecule has 0 aromatic carbocycles. The zero-order valence-electron chi connectivity index (χ0n) is 9.98. The molecular weight excluding hydrogens is 204 g/mol. The molecule has 4 heteroatoms. The summed E-state index contributed by atoms with van der Waals surface area (Å²) in [6.45, 7) is 4.47. The van der Waals surface area contributed by atoms with Crippen molar-refractivity contribution in [2.45, 2.75) is 44.8 Å². The van der Waals surface area contributed by atoms with Crippen molar-refractivity contribution in [3.8, 4) is 0 Å². The second-order valence-electron chi connectivity index (χ2n) is 5.22. The molecule has 4 nitrogen and oxygen atoms in total. The third-order valence-corrected chi connectivity index (χ3v) is 3.67. The topological polar surface area (TPSA) is 52.6 Å². The number of hydrogen-bond donors (Lipinski definition) is 2. The van der Waals surface area contributed by atoms with Gasteiger partial charge in [-0.2, -0.15) is 0 Å². The Morgan fingerprint density at radius 1 is 1.44 bits per heavy atom. The normalized spacial score (nSPS) is 36.1. The van der Waals surface area contributed by atoms with Crippen LogP contribution in [-0.2, 0) is 4.79 Å². The van der Waals surface area contributed by atoms with Crippen molar-refractivity contribution in [1.29, 1.82) is 0 Å². The molecule has 2 rings (SSSR count). The van der Waals surface area contributed by atoms with Crippen LogP contribution in [0.3, 0.4) is 0 Å². The quantitative estimate of drug-likeness (QED) is 0.678. The highest BCUT2D eigenvalue weighted by molar-refractivity contribution is 5.82. The van der Waals surface area contributed by atoms with Gasteiger partial charge in [0, 0.05) is 13.1 Å². The van der Waals surface area contributed by atoms with E-state index in [2.05, 4.69) is 12.2 Å². The molecule has 2 saturated heterocycles. The minimum Gasteiger partial charge on any atom is -0.391 e. The number of carbonyl (C=O) groups excluding carboxylic acids is 1. The largest absolute Gasteiger partial charge is 0.391 e. The molecule has 2 aliphatic heterocycles. The molecule has 2 fully saturated rings. The molecule has 0 radical (unpaired) electrons. The Kier molecular flexibility index (Phi) is 3.82. The number of carbonyl (C=O) groups is 1. The Bertz CT molecular complexity index is 233. The van der Waals surface area contributed by atoms with E-state index < -0.39 is 0 Å². The number of nitrogens with zero attached hydrogens (tertiary/aromatic N) is 1. The van der Waals surface area contributed by atoms with Gasteiger partial charge in [-0.05, 0) is 38.1 Å². The van der Waals surface area contributed by atoms with Gasteiger partial charge in [-0.3, -0.25) is 4.79 Å². The lowest BCUT2D eigenvalue weighted by Crippen LogP contribution is -2.53. The van der Waals surface area contributed by atoms with Gasteiger partial charge >= 0.3 is 0 Å². The Morgan fingerprint density at radius 2 is 2.25 bits per heavy atom. The lowest BCUT2D eigenvalue weighted by atomic mass is 9.93. The third kappa shape index (κ3) is 2.74. The van der Waals surface area contributed by atoms with Gasteiger partial charge in [0.25, 0.3) is 0 Å². The second kappa shape index (κ2) is 5.15. The predicted octanol–water partition coefficient (Wildman–Crippen LogP) is 0.358. The fraction of sp³-hybridized carbons (Fsp3) is 0.917. The molecule has 0 saturated carbocycles. The number of amides is 1. The van der Waals surface area contributed by atoms with E-state index in [1.165, 1.54) is 0 Å². The summed E-state index contributed by atoms with van der Waals surface area (Å²) in [6.07, 6.45) is 3.53. The average Bonchev–Trinajstić information content (AvgIpc) is 2.28. The molecular formula is C12H22N2O2. The van der Waals surface area contributed by atoms with Crippen molar-refractivity contribution < 1.29 is 9.90 Å². The Hall–Kier alpha value is -0.610. The Labute approximate surface area is 97.0 Å². The van der Waals surface area contributed by atoms with Crippen LogP contribution in [0.25, 0.3) is 0 Å². The van der Waals surface area contributed by atoms with Crippen LogP contribution in [0.4, 0.5) is 0 Å². The van der Waals surface area contributed by atoms with Crippen molar-refractivity contribution in [2.24, 2.45) is 5.92 Å². The number of rotatable bonds is 1. The molecule has 2 unspecified atom stereocenters. The van der Waals surface area contributed by atoms with Crippen molar-refractivity contribution >= 4 is 5.91 Å². The first kappa shape index (κ1) is 11.9. The second-order valence-corrected chi connectivity index (χ2v) is 5.22. The highest BCUT2D eigenvalue weighted by atomic mass is 16.3. The van der Waals surface area contributed by atoms with Crippen molar-refractivity contribution in [3.63, 3.8) is 0 Å². The van der Waals surface area contributed by atoms with Crippen molar-refractivity contribution in [3.05, 3.63) is 0 Å². The predicted molar refractivity (Wildman–Crippen MR) is 62.0 cm³/mol. The van der Waals surface area contributed by atoms with E-state index in [0.717, 1.165) is 38.8 Å². The molecule has 0 aliphatic carbocycles. The average molecular weight is 226 g/mol. The lowest BCUT2D eigenvalue weighted by Gasteiger charge is -2.35. The molecule has 3 atom stereocenters. The number of hydrogen-bond acceptors (Lipinski definition) is 3. The summed E-state index contributed by atoms with van der Waals surface area (Å²) in [6, 6.07) is -0.0194. The summed E-state index contributed by atoms with van der Waals surface area (Å²) in [5.41, 5.74) is 0. The van der Waals surface area contributed by atoms with Gasteiger partial charge in [0.2, 0.25) is 5.91 Å². The van der Waals surface area contributed by atoms with E-state index in [1.54, 1.807) is 0 Å². The molecule has 0 aromatic rings. The third-order valence-electron chi connectivity index (χ3n) is 3.67. The van der Waals surface area contributed by atoms with E-state index in [9.17, 15) is 9.90 Å². The van der Waals surface area contributed by atoms with Crippen LogP contribution in [-0.4, -0.2) is 47.7 Å². The molecule has 92 valence electrons. The summed E-state index contributed by atoms with van der Waals surface area (Å²) in [7, 11) is 0. The Balaban J connectivity index is 1.90. The van der Waals surface area contributed by atoms with Gasteiger partial charge in [0.15, 0.2) is 0 Å². The van der Waals surface area contributed by atoms with Crippen LogP contribution in [0, 0.1) is 5.92 Å². The zero-order valence-corrected chi connectivity index (χ0v) is 9.98. The van der Waals surface area contributed by atoms with Crippen LogP contribution in [0.15, 0.2) is 0 Å². The van der Waals surface area contributed by atoms with E-state index in [4.69, 9.17) is 0 Å². The minimum absolute atomic E-state index is 0.0194. The number of piperidine rings is 2. The summed E-state index contributed by atoms with van der Waals surface area (Å²) < 4.78 is 0. The highest BCUT2D eigenvalue weighted by Crippen LogP contribution is 2.18. The standard InChI is InChI=1S/C12H22N2O2/c1-9-4-5-13-11(7-9)12(16)14-6-2-3-10(15)8-14/h9-11,13,15H,2-8H2,1H3/t9?,10-,11?/m0/s1. The van der Waals surface area contributed by atoms with E-state index in [1.807, 2.05) is 4.90 Å². The fourth-order valence-electron chi connectivity index (χ4n) is 2.67. The summed E-state index contributed by atoms with van der Waals surface area (Å²) >= 11 is 0. The van der Waals surface area contributed by atoms with Gasteiger partial charge in [0.05, 0.1) is 12.1 Å². The van der Waals surface area contributed by atoms with E-state index in [0.29, 0.717) is 12.5 Å². The molecule has 2 aliphatic rings. The van der Waals surface area contributed by atoms with Crippen molar-refractivity contribution in [1.82, 2.24) is 10.2 Å². The lowest BCUT2D eigenvalue weighted by molar-refractivity contribution is -0.137. The molecule has 2 N–H and O–H groups in total. The zero-order chi connectivity index (χ0) is 11.5. The van der Waals surface area contributed by atoms with Crippen LogP contribution in [0.5, 0.6) is 0 Å². The molecule has 0 spiro atoms. The maximum atomic E-state index is 12.2. The smallest absolute Gasteiger partial charge is 0.239 e. The van der Waals surface area contributed by atoms with Gasteiger partial charge in [0.1, 0.15) is 0 Å². The molecule has 1 amide bonds. The minimum atomic E-state index is -0.321. The molecule has 16 heavy (non-hydrogen) atoms. The molecule has 0 bridgehead atoms. The maximum Gasteiger partial charge on any atom is 0.239 e. The van der Waals surface area contributed by atoms with E-state index in [-0.39, 0.29) is 18.1 Å². The molecule has 2 heterocycles. The van der Waals surface area contributed by atoms with Crippen molar-refractivity contribution in [2.75, 3.05) is 19.6 Å². The van der Waals surface area contributed by atoms with Crippen LogP contribution >= 0.6 is 0 Å². The number of β-amino-alcohol motifs (C(OH)–C–C–N with tert-alkyl or cyclic N) is 1. The van der Waals surface area contributed by atoms with Gasteiger partial charge in [-0.25, -0.2) is 0 Å². The first-order valence-corrected chi connectivity index (χ1v) is 6.37. The Morgan fingerprint density at radius 3 is 2.94 bits per heavy atom. The van der Waals surface area contributed by atoms with Crippen LogP contribution in [0.2, 0.25) is 0 Å². The number of aliphatic hydroxyl groups is 1. The number of likely N-dealkylation sites (tertiary alicyclic amines) is 1. The van der Waals surface area contributed by atoms with Crippen LogP contribution < -0.4 is 5.32 Å². The summed E-state index contributed by atoms with van der Waals surface area (Å²) in [5.74, 6) is 0.815. The van der Waals surface area contributed by atoms with E-state index >= 15 is 0 Å². The maximum absolute atomic E-state index is 12.2. The monoisotopic (exact) mass is 226 g/mol. The number of aliphatic hydroxyl groups excluding tert-OH is 1. The SMILES string of the molecule is CC1CCNC(C(=O)N2CCC[C@H](O)C2)C1. The first-order chi connectivity index (χ1) is 7.66. The molecule has 0 aromatic heterocycles. The number of nitrogens with one attached hydrogen (secondary N) is 1. The summed E-state index contributed by atoms with van der Waals surface area (Å²) in [5, 5.41) is 12.9. The van der Waals surface area contributed by atoms with Gasteiger partial charge < -0.3 is 15.3 Å². The summed E-state index contributed by atoms with van der Waals surface area (Å²) in [4.78, 5) is 14.0. The van der Waals surface area contributed by atoms with Gasteiger partial charge in [-0.15, -0.1) is 0 Å². The van der Waals surface area contributed by atoms with Gasteiger partial charge in [-0.1, -0.05) is 6.92 Å². The fourth-order valence-corrected chi connectivity index (χ4v) is 2.67. The van der Waals surface area contributed by atoms with Crippen LogP contribution in [0.1, 0.15) is 32.6 Å².